The first-order valence-electron chi connectivity index (χ1n) is 14.6. The lowest BCUT2D eigenvalue weighted by atomic mass is 9.91. The van der Waals surface area contributed by atoms with Gasteiger partial charge in [-0.1, -0.05) is 17.7 Å². The van der Waals surface area contributed by atoms with E-state index in [4.69, 9.17) is 15.2 Å². The maximum atomic E-state index is 12.5. The number of piperidine rings is 1. The second kappa shape index (κ2) is 11.8. The van der Waals surface area contributed by atoms with Gasteiger partial charge in [-0.2, -0.15) is 0 Å². The topological polar surface area (TPSA) is 178 Å². The molecule has 4 heterocycles. The van der Waals surface area contributed by atoms with Crippen LogP contribution in [0.4, 0.5) is 10.6 Å². The Morgan fingerprint density at radius 1 is 1.10 bits per heavy atom. The molecular formula is C29H37N7O6. The van der Waals surface area contributed by atoms with E-state index in [1.165, 1.54) is 10.9 Å². The van der Waals surface area contributed by atoms with Gasteiger partial charge in [0.05, 0.1) is 6.33 Å². The summed E-state index contributed by atoms with van der Waals surface area (Å²) in [7, 11) is 0. The van der Waals surface area contributed by atoms with Crippen LogP contribution in [0.25, 0.3) is 11.2 Å². The minimum Gasteiger partial charge on any atom is -0.410 e. The van der Waals surface area contributed by atoms with Gasteiger partial charge in [0.1, 0.15) is 29.3 Å². The van der Waals surface area contributed by atoms with E-state index in [0.29, 0.717) is 48.2 Å². The smallest absolute Gasteiger partial charge is 0.410 e. The van der Waals surface area contributed by atoms with Gasteiger partial charge in [-0.05, 0) is 63.5 Å². The van der Waals surface area contributed by atoms with Crippen molar-refractivity contribution >= 4 is 29.0 Å². The molecule has 42 heavy (non-hydrogen) atoms. The quantitative estimate of drug-likeness (QED) is 0.308. The number of nitrogen functional groups attached to an aromatic ring is 1. The number of aliphatic hydroxyl groups is 2. The summed E-state index contributed by atoms with van der Waals surface area (Å²) >= 11 is 0. The number of carbonyl (C=O) groups is 2. The number of likely N-dealkylation sites (tertiary alicyclic amines) is 1. The normalized spacial score (nSPS) is 24.7. The average Bonchev–Trinajstić information content (AvgIpc) is 3.61. The highest BCUT2D eigenvalue weighted by atomic mass is 16.6. The number of nitrogens with one attached hydrogen (secondary N) is 1. The van der Waals surface area contributed by atoms with Gasteiger partial charge < -0.3 is 35.6 Å². The molecule has 2 aliphatic heterocycles. The van der Waals surface area contributed by atoms with Crippen molar-refractivity contribution in [1.82, 2.24) is 29.7 Å². The van der Waals surface area contributed by atoms with Crippen LogP contribution in [-0.2, 0) is 16.0 Å². The molecule has 5 N–H and O–H groups in total. The third-order valence-electron chi connectivity index (χ3n) is 8.30. The lowest BCUT2D eigenvalue weighted by molar-refractivity contribution is -0.137. The molecule has 4 atom stereocenters. The zero-order chi connectivity index (χ0) is 29.4. The number of hydrogen-bond donors (Lipinski definition) is 4. The van der Waals surface area contributed by atoms with Crippen molar-refractivity contribution in [3.8, 4) is 5.75 Å². The molecule has 2 saturated heterocycles. The molecule has 0 spiro atoms. The fourth-order valence-corrected chi connectivity index (χ4v) is 5.62. The van der Waals surface area contributed by atoms with Crippen molar-refractivity contribution < 1.29 is 29.3 Å². The lowest BCUT2D eigenvalue weighted by Gasteiger charge is -2.31. The Morgan fingerprint density at radius 3 is 2.55 bits per heavy atom. The average molecular weight is 580 g/mol. The summed E-state index contributed by atoms with van der Waals surface area (Å²) in [4.78, 5) is 40.2. The third kappa shape index (κ3) is 6.03. The lowest BCUT2D eigenvalue weighted by Crippen LogP contribution is -2.43. The number of carbonyl (C=O) groups excluding carboxylic acids is 2. The Bertz CT molecular complexity index is 1430. The number of nitrogens with two attached hydrogens (primary N) is 1. The SMILES string of the molecule is Cc1ccc(OC(=O)N2CCC(CCCc3nc(N)c4ncn([C@@H]5O[C@H](C(=O)NC6CC6)C(O)C5O)c4n3)CC2)cc1. The first-order chi connectivity index (χ1) is 20.3. The van der Waals surface area contributed by atoms with E-state index in [1.807, 2.05) is 19.1 Å². The van der Waals surface area contributed by atoms with Crippen LogP contribution in [0.2, 0.25) is 0 Å². The van der Waals surface area contributed by atoms with Crippen molar-refractivity contribution in [1.29, 1.82) is 0 Å². The van der Waals surface area contributed by atoms with Crippen LogP contribution in [-0.4, -0.2) is 84.1 Å². The van der Waals surface area contributed by atoms with Crippen molar-refractivity contribution in [2.45, 2.75) is 82.5 Å². The van der Waals surface area contributed by atoms with E-state index in [1.54, 1.807) is 17.0 Å². The predicted molar refractivity (Wildman–Crippen MR) is 151 cm³/mol. The largest absolute Gasteiger partial charge is 0.415 e. The Morgan fingerprint density at radius 2 is 1.83 bits per heavy atom. The van der Waals surface area contributed by atoms with E-state index in [9.17, 15) is 19.8 Å². The molecule has 3 aromatic rings. The zero-order valence-corrected chi connectivity index (χ0v) is 23.6. The molecule has 1 saturated carbocycles. The highest BCUT2D eigenvalue weighted by Crippen LogP contribution is 2.33. The molecule has 2 unspecified atom stereocenters. The first kappa shape index (κ1) is 28.3. The molecule has 0 radical (unpaired) electrons. The van der Waals surface area contributed by atoms with Gasteiger partial charge in [0, 0.05) is 25.6 Å². The van der Waals surface area contributed by atoms with Crippen LogP contribution in [0.1, 0.15) is 56.1 Å². The minimum atomic E-state index is -1.39. The standard InChI is InChI=1S/C29H37N7O6/c1-16-5-9-19(10-6-16)41-29(40)35-13-11-17(12-14-35)3-2-4-20-33-25(30)21-26(34-20)36(15-31-21)28-23(38)22(37)24(42-28)27(39)32-18-7-8-18/h5-6,9-10,15,17-18,22-24,28,37-38H,2-4,7-8,11-14H2,1H3,(H,32,39)(H2,30,33,34)/t22?,23?,24-,28+/m0/s1. The highest BCUT2D eigenvalue weighted by Gasteiger charge is 2.48. The number of amides is 2. The molecule has 6 rings (SSSR count). The van der Waals surface area contributed by atoms with Gasteiger partial charge in [0.25, 0.3) is 5.91 Å². The summed E-state index contributed by atoms with van der Waals surface area (Å²) in [5, 5.41) is 24.0. The second-order valence-electron chi connectivity index (χ2n) is 11.6. The number of nitrogens with zero attached hydrogens (tertiary/aromatic N) is 5. The van der Waals surface area contributed by atoms with Crippen molar-refractivity contribution in [2.75, 3.05) is 18.8 Å². The van der Waals surface area contributed by atoms with Gasteiger partial charge in [0.15, 0.2) is 23.8 Å². The van der Waals surface area contributed by atoms with E-state index in [2.05, 4.69) is 20.3 Å². The highest BCUT2D eigenvalue weighted by molar-refractivity contribution is 5.83. The van der Waals surface area contributed by atoms with Crippen molar-refractivity contribution in [3.05, 3.63) is 42.0 Å². The Kier molecular flexibility index (Phi) is 7.97. The van der Waals surface area contributed by atoms with Crippen molar-refractivity contribution in [2.24, 2.45) is 5.92 Å². The maximum absolute atomic E-state index is 12.5. The number of rotatable bonds is 8. The van der Waals surface area contributed by atoms with E-state index < -0.39 is 30.4 Å². The molecule has 1 aliphatic carbocycles. The Hall–Kier alpha value is -3.81. The molecule has 3 aliphatic rings. The van der Waals surface area contributed by atoms with Crippen LogP contribution in [0.5, 0.6) is 5.75 Å². The summed E-state index contributed by atoms with van der Waals surface area (Å²) in [5.74, 6) is 1.33. The Labute approximate surface area is 243 Å². The molecule has 13 nitrogen and oxygen atoms in total. The number of aliphatic hydroxyl groups excluding tert-OH is 2. The molecule has 224 valence electrons. The number of fused-ring (bicyclic) bond motifs is 1. The molecular weight excluding hydrogens is 542 g/mol. The number of aryl methyl sites for hydroxylation is 2. The minimum absolute atomic E-state index is 0.0989. The second-order valence-corrected chi connectivity index (χ2v) is 11.6. The predicted octanol–water partition coefficient (Wildman–Crippen LogP) is 1.85. The number of benzene rings is 1. The van der Waals surface area contributed by atoms with Gasteiger partial charge in [-0.25, -0.2) is 19.7 Å². The van der Waals surface area contributed by atoms with Crippen LogP contribution in [0.15, 0.2) is 30.6 Å². The summed E-state index contributed by atoms with van der Waals surface area (Å²) in [5.41, 5.74) is 8.04. The van der Waals surface area contributed by atoms with Crippen LogP contribution >= 0.6 is 0 Å². The summed E-state index contributed by atoms with van der Waals surface area (Å²) in [6, 6.07) is 7.54. The zero-order valence-electron chi connectivity index (χ0n) is 23.6. The van der Waals surface area contributed by atoms with E-state index in [0.717, 1.165) is 44.1 Å². The summed E-state index contributed by atoms with van der Waals surface area (Å²) in [6.07, 6.45) is 2.09. The van der Waals surface area contributed by atoms with Gasteiger partial charge in [-0.15, -0.1) is 0 Å². The summed E-state index contributed by atoms with van der Waals surface area (Å²) in [6.45, 7) is 3.29. The van der Waals surface area contributed by atoms with Crippen LogP contribution < -0.4 is 15.8 Å². The van der Waals surface area contributed by atoms with Crippen molar-refractivity contribution in [3.63, 3.8) is 0 Å². The summed E-state index contributed by atoms with van der Waals surface area (Å²) < 4.78 is 12.8. The van der Waals surface area contributed by atoms with E-state index in [-0.39, 0.29) is 18.0 Å². The number of hydrogen-bond acceptors (Lipinski definition) is 10. The fourth-order valence-electron chi connectivity index (χ4n) is 5.62. The molecule has 0 bridgehead atoms. The monoisotopic (exact) mass is 579 g/mol. The fraction of sp³-hybridized carbons (Fsp3) is 0.552. The van der Waals surface area contributed by atoms with Crippen LogP contribution in [0.3, 0.4) is 0 Å². The molecule has 2 aromatic heterocycles. The Balaban J connectivity index is 1.03. The number of imidazole rings is 1. The molecule has 3 fully saturated rings. The molecule has 13 heteroatoms. The van der Waals surface area contributed by atoms with Gasteiger partial charge in [0.2, 0.25) is 0 Å². The number of anilines is 1. The van der Waals surface area contributed by atoms with Crippen LogP contribution in [0, 0.1) is 12.8 Å². The van der Waals surface area contributed by atoms with Gasteiger partial charge in [-0.3, -0.25) is 9.36 Å². The van der Waals surface area contributed by atoms with Gasteiger partial charge >= 0.3 is 6.09 Å². The maximum Gasteiger partial charge on any atom is 0.415 e. The molecule has 1 aromatic carbocycles. The number of ether oxygens (including phenoxy) is 2. The molecule has 2 amide bonds. The first-order valence-corrected chi connectivity index (χ1v) is 14.6. The number of aromatic nitrogens is 4. The third-order valence-corrected chi connectivity index (χ3v) is 8.30. The van der Waals surface area contributed by atoms with E-state index >= 15 is 0 Å².